The maximum absolute atomic E-state index is 12.1. The largest absolute Gasteiger partial charge is 0.390 e. The predicted octanol–water partition coefficient (Wildman–Crippen LogP) is 0.473. The molecular weight excluding hydrogens is 278 g/mol. The van der Waals surface area contributed by atoms with Gasteiger partial charge in [-0.15, -0.1) is 5.10 Å². The van der Waals surface area contributed by atoms with Gasteiger partial charge in [-0.1, -0.05) is 11.8 Å². The number of rotatable bonds is 4. The van der Waals surface area contributed by atoms with Gasteiger partial charge < -0.3 is 10.0 Å². The quantitative estimate of drug-likeness (QED) is 0.814. The van der Waals surface area contributed by atoms with Gasteiger partial charge in [0, 0.05) is 13.1 Å². The number of aliphatic hydroxyl groups is 1. The summed E-state index contributed by atoms with van der Waals surface area (Å²) in [7, 11) is 0. The van der Waals surface area contributed by atoms with Crippen LogP contribution < -0.4 is 0 Å². The molecule has 1 aliphatic heterocycles. The van der Waals surface area contributed by atoms with Crippen LogP contribution in [0.4, 0.5) is 0 Å². The minimum atomic E-state index is -0.625. The molecule has 1 saturated carbocycles. The van der Waals surface area contributed by atoms with E-state index in [2.05, 4.69) is 15.5 Å². The standard InChI is InChI=1S/C12H19N5O2S/c1-12(19)4-6-16(7-5-12)10(18)8-20-11-13-14-15-17(11)9-2-3-9/h9,19H,2-8H2,1H3. The number of piperidine rings is 1. The summed E-state index contributed by atoms with van der Waals surface area (Å²) in [6, 6.07) is 0.424. The number of hydrogen-bond donors (Lipinski definition) is 1. The Balaban J connectivity index is 1.51. The molecule has 8 heteroatoms. The third-order valence-electron chi connectivity index (χ3n) is 3.87. The van der Waals surface area contributed by atoms with Crippen LogP contribution in [-0.2, 0) is 4.79 Å². The van der Waals surface area contributed by atoms with Crippen LogP contribution in [-0.4, -0.2) is 60.6 Å². The zero-order valence-corrected chi connectivity index (χ0v) is 12.3. The topological polar surface area (TPSA) is 84.1 Å². The third-order valence-corrected chi connectivity index (χ3v) is 4.79. The molecule has 1 saturated heterocycles. The number of nitrogens with zero attached hydrogens (tertiary/aromatic N) is 5. The van der Waals surface area contributed by atoms with Gasteiger partial charge in [0.2, 0.25) is 11.1 Å². The van der Waals surface area contributed by atoms with Gasteiger partial charge in [-0.3, -0.25) is 4.79 Å². The van der Waals surface area contributed by atoms with Crippen LogP contribution in [0.5, 0.6) is 0 Å². The van der Waals surface area contributed by atoms with Gasteiger partial charge in [0.15, 0.2) is 0 Å². The van der Waals surface area contributed by atoms with Gasteiger partial charge in [-0.2, -0.15) is 0 Å². The molecule has 2 aliphatic rings. The van der Waals surface area contributed by atoms with Crippen molar-refractivity contribution in [3.8, 4) is 0 Å². The van der Waals surface area contributed by atoms with Crippen LogP contribution in [0.1, 0.15) is 38.6 Å². The van der Waals surface area contributed by atoms with E-state index in [0.717, 1.165) is 18.0 Å². The van der Waals surface area contributed by atoms with E-state index in [1.807, 2.05) is 16.5 Å². The third kappa shape index (κ3) is 3.12. The van der Waals surface area contributed by atoms with Gasteiger partial charge in [0.05, 0.1) is 17.4 Å². The van der Waals surface area contributed by atoms with E-state index in [9.17, 15) is 9.90 Å². The predicted molar refractivity (Wildman–Crippen MR) is 73.2 cm³/mol. The second-order valence-corrected chi connectivity index (χ2v) is 6.75. The van der Waals surface area contributed by atoms with E-state index >= 15 is 0 Å². The number of carbonyl (C=O) groups excluding carboxylic acids is 1. The highest BCUT2D eigenvalue weighted by molar-refractivity contribution is 7.99. The molecule has 2 heterocycles. The summed E-state index contributed by atoms with van der Waals surface area (Å²) >= 11 is 1.40. The summed E-state index contributed by atoms with van der Waals surface area (Å²) in [5, 5.41) is 22.2. The Morgan fingerprint density at radius 3 is 2.80 bits per heavy atom. The van der Waals surface area contributed by atoms with Crippen LogP contribution in [0.2, 0.25) is 0 Å². The summed E-state index contributed by atoms with van der Waals surface area (Å²) in [5.74, 6) is 0.450. The molecule has 3 rings (SSSR count). The van der Waals surface area contributed by atoms with E-state index in [1.165, 1.54) is 11.8 Å². The fourth-order valence-corrected chi connectivity index (χ4v) is 3.13. The molecule has 1 amide bonds. The van der Waals surface area contributed by atoms with E-state index < -0.39 is 5.60 Å². The molecule has 1 aromatic rings. The van der Waals surface area contributed by atoms with Crippen molar-refractivity contribution in [2.45, 2.75) is 49.4 Å². The first-order valence-corrected chi connectivity index (χ1v) is 7.94. The van der Waals surface area contributed by atoms with Crippen LogP contribution >= 0.6 is 11.8 Å². The zero-order chi connectivity index (χ0) is 14.2. The average molecular weight is 297 g/mol. The van der Waals surface area contributed by atoms with Gasteiger partial charge in [0.1, 0.15) is 0 Å². The fraction of sp³-hybridized carbons (Fsp3) is 0.833. The van der Waals surface area contributed by atoms with Crippen molar-refractivity contribution in [2.75, 3.05) is 18.8 Å². The molecule has 1 N–H and O–H groups in total. The zero-order valence-electron chi connectivity index (χ0n) is 11.5. The lowest BCUT2D eigenvalue weighted by molar-refractivity contribution is -0.132. The first-order valence-electron chi connectivity index (χ1n) is 6.96. The highest BCUT2D eigenvalue weighted by Gasteiger charge is 2.31. The van der Waals surface area contributed by atoms with Crippen LogP contribution in [0.3, 0.4) is 0 Å². The molecule has 1 aliphatic carbocycles. The summed E-state index contributed by atoms with van der Waals surface area (Å²) < 4.78 is 1.82. The molecule has 20 heavy (non-hydrogen) atoms. The number of thioether (sulfide) groups is 1. The Hall–Kier alpha value is -1.15. The molecule has 0 spiro atoms. The van der Waals surface area contributed by atoms with E-state index in [4.69, 9.17) is 0 Å². The molecular formula is C12H19N5O2S. The Morgan fingerprint density at radius 1 is 1.45 bits per heavy atom. The SMILES string of the molecule is CC1(O)CCN(C(=O)CSc2nnnn2C2CC2)CC1. The molecule has 0 unspecified atom stereocenters. The first kappa shape index (κ1) is 13.8. The van der Waals surface area contributed by atoms with E-state index in [-0.39, 0.29) is 5.91 Å². The normalized spacial score (nSPS) is 22.0. The Kier molecular flexibility index (Phi) is 3.68. The van der Waals surface area contributed by atoms with Gasteiger partial charge in [-0.05, 0) is 43.0 Å². The van der Waals surface area contributed by atoms with Crippen molar-refractivity contribution in [2.24, 2.45) is 0 Å². The first-order chi connectivity index (χ1) is 9.55. The number of aromatic nitrogens is 4. The summed E-state index contributed by atoms with van der Waals surface area (Å²) in [6.07, 6.45) is 3.52. The highest BCUT2D eigenvalue weighted by Crippen LogP contribution is 2.36. The number of hydrogen-bond acceptors (Lipinski definition) is 6. The van der Waals surface area contributed by atoms with Crippen molar-refractivity contribution < 1.29 is 9.90 Å². The molecule has 0 bridgehead atoms. The van der Waals surface area contributed by atoms with Gasteiger partial charge in [-0.25, -0.2) is 4.68 Å². The minimum Gasteiger partial charge on any atom is -0.390 e. The Bertz CT molecular complexity index is 490. The molecule has 7 nitrogen and oxygen atoms in total. The van der Waals surface area contributed by atoms with E-state index in [1.54, 1.807) is 0 Å². The Labute approximate surface area is 121 Å². The van der Waals surface area contributed by atoms with Gasteiger partial charge >= 0.3 is 0 Å². The van der Waals surface area contributed by atoms with Gasteiger partial charge in [0.25, 0.3) is 0 Å². The van der Waals surface area contributed by atoms with E-state index in [0.29, 0.717) is 37.7 Å². The van der Waals surface area contributed by atoms with Crippen molar-refractivity contribution >= 4 is 17.7 Å². The summed E-state index contributed by atoms with van der Waals surface area (Å²) in [4.78, 5) is 14.0. The number of amides is 1. The highest BCUT2D eigenvalue weighted by atomic mass is 32.2. The molecule has 110 valence electrons. The molecule has 0 atom stereocenters. The van der Waals surface area contributed by atoms with Crippen molar-refractivity contribution in [1.82, 2.24) is 25.1 Å². The van der Waals surface area contributed by atoms with Crippen LogP contribution in [0.15, 0.2) is 5.16 Å². The fourth-order valence-electron chi connectivity index (χ4n) is 2.28. The smallest absolute Gasteiger partial charge is 0.233 e. The number of carbonyl (C=O) groups is 1. The second-order valence-electron chi connectivity index (χ2n) is 5.80. The molecule has 1 aromatic heterocycles. The lowest BCUT2D eigenvalue weighted by Gasteiger charge is -2.35. The van der Waals surface area contributed by atoms with Crippen LogP contribution in [0.25, 0.3) is 0 Å². The number of likely N-dealkylation sites (tertiary alicyclic amines) is 1. The molecule has 0 aromatic carbocycles. The lowest BCUT2D eigenvalue weighted by atomic mass is 9.94. The maximum atomic E-state index is 12.1. The minimum absolute atomic E-state index is 0.0934. The summed E-state index contributed by atoms with van der Waals surface area (Å²) in [6.45, 7) is 3.08. The lowest BCUT2D eigenvalue weighted by Crippen LogP contribution is -2.45. The van der Waals surface area contributed by atoms with Crippen molar-refractivity contribution in [1.29, 1.82) is 0 Å². The second kappa shape index (κ2) is 5.33. The monoisotopic (exact) mass is 297 g/mol. The maximum Gasteiger partial charge on any atom is 0.233 e. The molecule has 2 fully saturated rings. The molecule has 0 radical (unpaired) electrons. The van der Waals surface area contributed by atoms with Crippen molar-refractivity contribution in [3.63, 3.8) is 0 Å². The summed E-state index contributed by atoms with van der Waals surface area (Å²) in [5.41, 5.74) is -0.625. The van der Waals surface area contributed by atoms with Crippen LogP contribution in [0, 0.1) is 0 Å². The average Bonchev–Trinajstić information content (AvgIpc) is 3.15. The van der Waals surface area contributed by atoms with Crippen molar-refractivity contribution in [3.05, 3.63) is 0 Å². The number of tetrazole rings is 1. The Morgan fingerprint density at radius 2 is 2.15 bits per heavy atom.